The zero-order valence-corrected chi connectivity index (χ0v) is 13.9. The maximum atomic E-state index is 9.28. The van der Waals surface area contributed by atoms with Crippen LogP contribution in [0.3, 0.4) is 0 Å². The summed E-state index contributed by atoms with van der Waals surface area (Å²) >= 11 is 1.90. The molecule has 0 aliphatic heterocycles. The fraction of sp³-hybridized carbons (Fsp3) is 0.588. The van der Waals surface area contributed by atoms with Gasteiger partial charge < -0.3 is 0 Å². The van der Waals surface area contributed by atoms with E-state index in [1.165, 1.54) is 10.5 Å². The first-order valence-electron chi connectivity index (χ1n) is 7.33. The Labute approximate surface area is 128 Å². The minimum atomic E-state index is -0.387. The fourth-order valence-corrected chi connectivity index (χ4v) is 3.30. The Balaban J connectivity index is 2.26. The summed E-state index contributed by atoms with van der Waals surface area (Å²) in [6.07, 6.45) is 3.15. The smallest absolute Gasteiger partial charge is 0.104 e. The number of benzene rings is 1. The molecule has 110 valence electrons. The van der Waals surface area contributed by atoms with E-state index in [0.717, 1.165) is 25.0 Å². The molecule has 1 aromatic rings. The molecule has 0 aromatic heterocycles. The molecule has 0 bridgehead atoms. The summed E-state index contributed by atoms with van der Waals surface area (Å²) in [5.41, 5.74) is 0.926. The predicted octanol–water partition coefficient (Wildman–Crippen LogP) is 4.54. The van der Waals surface area contributed by atoms with Crippen molar-refractivity contribution in [2.75, 3.05) is 5.75 Å². The quantitative estimate of drug-likeness (QED) is 0.564. The largest absolute Gasteiger partial charge is 0.297 e. The monoisotopic (exact) mass is 290 g/mol. The van der Waals surface area contributed by atoms with Crippen LogP contribution in [0.15, 0.2) is 29.2 Å². The third-order valence-corrected chi connectivity index (χ3v) is 4.26. The van der Waals surface area contributed by atoms with Gasteiger partial charge in [0, 0.05) is 10.9 Å². The molecule has 1 aromatic carbocycles. The molecule has 0 aliphatic carbocycles. The van der Waals surface area contributed by atoms with Crippen LogP contribution in [-0.4, -0.2) is 17.3 Å². The summed E-state index contributed by atoms with van der Waals surface area (Å²) in [7, 11) is 0. The van der Waals surface area contributed by atoms with E-state index in [4.69, 9.17) is 0 Å². The first kappa shape index (κ1) is 17.1. The van der Waals surface area contributed by atoms with Crippen LogP contribution in [0.2, 0.25) is 0 Å². The summed E-state index contributed by atoms with van der Waals surface area (Å²) in [5.74, 6) is 1.12. The number of unbranched alkanes of at least 4 members (excludes halogenated alkanes) is 1. The van der Waals surface area contributed by atoms with Crippen molar-refractivity contribution in [3.05, 3.63) is 29.8 Å². The number of thioether (sulfide) groups is 1. The lowest BCUT2D eigenvalue weighted by Crippen LogP contribution is -2.44. The van der Waals surface area contributed by atoms with Crippen LogP contribution in [0.4, 0.5) is 0 Å². The lowest BCUT2D eigenvalue weighted by Gasteiger charge is -2.25. The molecule has 0 saturated heterocycles. The van der Waals surface area contributed by atoms with Crippen molar-refractivity contribution < 1.29 is 0 Å². The Morgan fingerprint density at radius 3 is 2.70 bits per heavy atom. The molecule has 0 spiro atoms. The Kier molecular flexibility index (Phi) is 7.12. The number of aryl methyl sites for hydroxylation is 1. The van der Waals surface area contributed by atoms with E-state index < -0.39 is 0 Å². The van der Waals surface area contributed by atoms with Gasteiger partial charge in [-0.3, -0.25) is 5.32 Å². The highest BCUT2D eigenvalue weighted by Gasteiger charge is 2.23. The zero-order valence-electron chi connectivity index (χ0n) is 13.1. The van der Waals surface area contributed by atoms with Crippen molar-refractivity contribution in [2.45, 2.75) is 63.4 Å². The van der Waals surface area contributed by atoms with Gasteiger partial charge in [-0.2, -0.15) is 5.26 Å². The number of nitriles is 1. The average molecular weight is 290 g/mol. The molecule has 0 fully saturated rings. The molecule has 0 aliphatic rings. The van der Waals surface area contributed by atoms with Crippen molar-refractivity contribution in [3.8, 4) is 6.07 Å². The van der Waals surface area contributed by atoms with E-state index in [1.807, 2.05) is 18.7 Å². The van der Waals surface area contributed by atoms with E-state index in [-0.39, 0.29) is 5.54 Å². The average Bonchev–Trinajstić information content (AvgIpc) is 2.37. The molecule has 3 heteroatoms. The highest BCUT2D eigenvalue weighted by molar-refractivity contribution is 7.99. The number of hydrogen-bond acceptors (Lipinski definition) is 3. The van der Waals surface area contributed by atoms with Gasteiger partial charge in [0.05, 0.1) is 6.07 Å². The molecule has 0 radical (unpaired) electrons. The summed E-state index contributed by atoms with van der Waals surface area (Å²) < 4.78 is 0. The minimum absolute atomic E-state index is 0.348. The van der Waals surface area contributed by atoms with E-state index in [2.05, 4.69) is 56.4 Å². The predicted molar refractivity (Wildman–Crippen MR) is 88.0 cm³/mol. The molecular formula is C17H26N2S. The second-order valence-electron chi connectivity index (χ2n) is 5.87. The van der Waals surface area contributed by atoms with Crippen molar-refractivity contribution >= 4 is 11.8 Å². The maximum Gasteiger partial charge on any atom is 0.104 e. The molecule has 1 rings (SSSR count). The van der Waals surface area contributed by atoms with Crippen LogP contribution in [0.25, 0.3) is 0 Å². The number of nitrogens with zero attached hydrogens (tertiary/aromatic N) is 1. The normalized spacial score (nSPS) is 14.0. The van der Waals surface area contributed by atoms with Crippen molar-refractivity contribution in [1.29, 1.82) is 5.26 Å². The minimum Gasteiger partial charge on any atom is -0.297 e. The third kappa shape index (κ3) is 6.45. The highest BCUT2D eigenvalue weighted by Crippen LogP contribution is 2.22. The molecule has 1 N–H and O–H groups in total. The van der Waals surface area contributed by atoms with Crippen LogP contribution >= 0.6 is 11.8 Å². The van der Waals surface area contributed by atoms with Gasteiger partial charge >= 0.3 is 0 Å². The maximum absolute atomic E-state index is 9.28. The van der Waals surface area contributed by atoms with Gasteiger partial charge in [0.15, 0.2) is 0 Å². The van der Waals surface area contributed by atoms with Crippen LogP contribution < -0.4 is 5.32 Å². The van der Waals surface area contributed by atoms with E-state index in [9.17, 15) is 5.26 Å². The summed E-state index contributed by atoms with van der Waals surface area (Å²) in [6.45, 7) is 8.30. The lowest BCUT2D eigenvalue weighted by atomic mass is 9.96. The molecule has 1 atom stereocenters. The SMILES string of the molecule is Cc1cccc(SCCCCC(C)(C#N)NC(C)C)c1. The van der Waals surface area contributed by atoms with Gasteiger partial charge in [0.25, 0.3) is 0 Å². The van der Waals surface area contributed by atoms with Gasteiger partial charge in [-0.1, -0.05) is 17.7 Å². The summed E-state index contributed by atoms with van der Waals surface area (Å²) in [5, 5.41) is 12.6. The Morgan fingerprint density at radius 1 is 1.35 bits per heavy atom. The molecule has 0 heterocycles. The van der Waals surface area contributed by atoms with Crippen LogP contribution in [0.5, 0.6) is 0 Å². The van der Waals surface area contributed by atoms with Gasteiger partial charge in [0.1, 0.15) is 5.54 Å². The molecule has 1 unspecified atom stereocenters. The third-order valence-electron chi connectivity index (χ3n) is 3.18. The number of hydrogen-bond donors (Lipinski definition) is 1. The van der Waals surface area contributed by atoms with Crippen LogP contribution in [0.1, 0.15) is 45.6 Å². The molecule has 2 nitrogen and oxygen atoms in total. The van der Waals surface area contributed by atoms with Gasteiger partial charge in [-0.25, -0.2) is 0 Å². The van der Waals surface area contributed by atoms with Crippen molar-refractivity contribution in [3.63, 3.8) is 0 Å². The number of rotatable bonds is 8. The molecule has 20 heavy (non-hydrogen) atoms. The van der Waals surface area contributed by atoms with Crippen LogP contribution in [0, 0.1) is 18.3 Å². The lowest BCUT2D eigenvalue weighted by molar-refractivity contribution is 0.372. The molecule has 0 amide bonds. The second kappa shape index (κ2) is 8.34. The van der Waals surface area contributed by atoms with E-state index >= 15 is 0 Å². The van der Waals surface area contributed by atoms with Crippen molar-refractivity contribution in [2.24, 2.45) is 0 Å². The Morgan fingerprint density at radius 2 is 2.10 bits per heavy atom. The zero-order chi connectivity index (χ0) is 15.0. The topological polar surface area (TPSA) is 35.8 Å². The van der Waals surface area contributed by atoms with Gasteiger partial charge in [-0.15, -0.1) is 11.8 Å². The van der Waals surface area contributed by atoms with E-state index in [1.54, 1.807) is 0 Å². The standard InChI is InChI=1S/C17H26N2S/c1-14(2)19-17(4,13-18)10-5-6-11-20-16-9-7-8-15(3)12-16/h7-9,12,14,19H,5-6,10-11H2,1-4H3. The van der Waals surface area contributed by atoms with Gasteiger partial charge in [-0.05, 0) is 64.8 Å². The highest BCUT2D eigenvalue weighted by atomic mass is 32.2. The van der Waals surface area contributed by atoms with E-state index in [0.29, 0.717) is 6.04 Å². The van der Waals surface area contributed by atoms with Crippen LogP contribution in [-0.2, 0) is 0 Å². The first-order valence-corrected chi connectivity index (χ1v) is 8.32. The molecular weight excluding hydrogens is 264 g/mol. The Hall–Kier alpha value is -0.980. The first-order chi connectivity index (χ1) is 9.45. The summed E-state index contributed by atoms with van der Waals surface area (Å²) in [6, 6.07) is 11.4. The van der Waals surface area contributed by atoms with Crippen molar-refractivity contribution in [1.82, 2.24) is 5.32 Å². The molecule has 0 saturated carbocycles. The Bertz CT molecular complexity index is 451. The van der Waals surface area contributed by atoms with Gasteiger partial charge in [0.2, 0.25) is 0 Å². The number of nitrogens with one attached hydrogen (secondary N) is 1. The summed E-state index contributed by atoms with van der Waals surface area (Å²) in [4.78, 5) is 1.34. The second-order valence-corrected chi connectivity index (χ2v) is 7.03. The fourth-order valence-electron chi connectivity index (χ4n) is 2.27.